The second kappa shape index (κ2) is 11.1. The molecular formula is C23H30N2O3. The average molecular weight is 383 g/mol. The van der Waals surface area contributed by atoms with Gasteiger partial charge in [-0.05, 0) is 29.7 Å². The first-order chi connectivity index (χ1) is 13.6. The monoisotopic (exact) mass is 382 g/mol. The number of carbonyl (C=O) groups excluding carboxylic acids is 2. The lowest BCUT2D eigenvalue weighted by molar-refractivity contribution is -0.141. The summed E-state index contributed by atoms with van der Waals surface area (Å²) in [5, 5.41) is 2.99. The van der Waals surface area contributed by atoms with Crippen LogP contribution in [0, 0.1) is 0 Å². The second-order valence-electron chi connectivity index (χ2n) is 6.68. The van der Waals surface area contributed by atoms with E-state index >= 15 is 0 Å². The van der Waals surface area contributed by atoms with Crippen molar-refractivity contribution in [3.8, 4) is 5.75 Å². The van der Waals surface area contributed by atoms with Gasteiger partial charge in [-0.15, -0.1) is 0 Å². The zero-order valence-corrected chi connectivity index (χ0v) is 17.0. The van der Waals surface area contributed by atoms with E-state index in [0.29, 0.717) is 19.5 Å². The van der Waals surface area contributed by atoms with Crippen molar-refractivity contribution < 1.29 is 14.3 Å². The van der Waals surface area contributed by atoms with Gasteiger partial charge in [0, 0.05) is 19.5 Å². The predicted molar refractivity (Wildman–Crippen MR) is 111 cm³/mol. The Balaban J connectivity index is 2.34. The zero-order chi connectivity index (χ0) is 20.4. The third kappa shape index (κ3) is 5.84. The maximum atomic E-state index is 13.0. The van der Waals surface area contributed by atoms with Gasteiger partial charge in [-0.25, -0.2) is 0 Å². The quantitative estimate of drug-likeness (QED) is 0.630. The fourth-order valence-electron chi connectivity index (χ4n) is 3.05. The lowest BCUT2D eigenvalue weighted by Crippen LogP contribution is -2.43. The Labute approximate surface area is 167 Å². The summed E-state index contributed by atoms with van der Waals surface area (Å²) in [4.78, 5) is 27.5. The molecule has 1 N–H and O–H groups in total. The van der Waals surface area contributed by atoms with Crippen molar-refractivity contribution in [1.82, 2.24) is 10.2 Å². The van der Waals surface area contributed by atoms with E-state index in [-0.39, 0.29) is 11.8 Å². The van der Waals surface area contributed by atoms with E-state index in [1.165, 1.54) is 0 Å². The van der Waals surface area contributed by atoms with Crippen molar-refractivity contribution in [3.05, 3.63) is 65.7 Å². The summed E-state index contributed by atoms with van der Waals surface area (Å²) in [7, 11) is 1.62. The maximum absolute atomic E-state index is 13.0. The molecule has 0 saturated carbocycles. The molecule has 150 valence electrons. The summed E-state index contributed by atoms with van der Waals surface area (Å²) in [5.41, 5.74) is 1.76. The molecule has 1 unspecified atom stereocenters. The minimum absolute atomic E-state index is 0.0599. The van der Waals surface area contributed by atoms with E-state index in [9.17, 15) is 9.59 Å². The highest BCUT2D eigenvalue weighted by Gasteiger charge is 2.30. The summed E-state index contributed by atoms with van der Waals surface area (Å²) in [5.74, 6) is 0.555. The van der Waals surface area contributed by atoms with Crippen molar-refractivity contribution in [2.45, 2.75) is 45.7 Å². The molecule has 0 radical (unpaired) electrons. The molecule has 2 aromatic carbocycles. The maximum Gasteiger partial charge on any atom is 0.247 e. The molecule has 0 aliphatic rings. The standard InChI is InChI=1S/C23H30N2O3/c1-4-6-16-24-23(27)22(19-10-8-7-9-11-19)25(21(26)5-2)17-18-12-14-20(28-3)15-13-18/h7-15,22H,4-6,16-17H2,1-3H3,(H,24,27). The van der Waals surface area contributed by atoms with Crippen LogP contribution in [0.5, 0.6) is 5.75 Å². The summed E-state index contributed by atoms with van der Waals surface area (Å²) in [6.45, 7) is 4.87. The van der Waals surface area contributed by atoms with Crippen molar-refractivity contribution in [2.24, 2.45) is 0 Å². The fourth-order valence-corrected chi connectivity index (χ4v) is 3.05. The Morgan fingerprint density at radius 3 is 2.29 bits per heavy atom. The normalized spacial score (nSPS) is 11.5. The minimum Gasteiger partial charge on any atom is -0.497 e. The van der Waals surface area contributed by atoms with Gasteiger partial charge in [0.05, 0.1) is 7.11 Å². The number of methoxy groups -OCH3 is 1. The first-order valence-electron chi connectivity index (χ1n) is 9.85. The van der Waals surface area contributed by atoms with Crippen molar-refractivity contribution >= 4 is 11.8 Å². The molecule has 0 spiro atoms. The highest BCUT2D eigenvalue weighted by Crippen LogP contribution is 2.25. The van der Waals surface area contributed by atoms with E-state index in [1.807, 2.05) is 61.5 Å². The zero-order valence-electron chi connectivity index (χ0n) is 17.0. The number of nitrogens with zero attached hydrogens (tertiary/aromatic N) is 1. The molecule has 0 aliphatic heterocycles. The van der Waals surface area contributed by atoms with E-state index < -0.39 is 6.04 Å². The first-order valence-corrected chi connectivity index (χ1v) is 9.85. The molecule has 0 fully saturated rings. The van der Waals surface area contributed by atoms with Gasteiger partial charge < -0.3 is 15.0 Å². The van der Waals surface area contributed by atoms with Gasteiger partial charge in [0.1, 0.15) is 11.8 Å². The van der Waals surface area contributed by atoms with Crippen LogP contribution >= 0.6 is 0 Å². The largest absolute Gasteiger partial charge is 0.497 e. The third-order valence-electron chi connectivity index (χ3n) is 4.64. The van der Waals surface area contributed by atoms with Gasteiger partial charge in [-0.3, -0.25) is 9.59 Å². The van der Waals surface area contributed by atoms with Crippen LogP contribution in [-0.2, 0) is 16.1 Å². The van der Waals surface area contributed by atoms with E-state index in [1.54, 1.807) is 12.0 Å². The average Bonchev–Trinajstić information content (AvgIpc) is 2.74. The third-order valence-corrected chi connectivity index (χ3v) is 4.64. The van der Waals surface area contributed by atoms with Crippen LogP contribution in [-0.4, -0.2) is 30.4 Å². The van der Waals surface area contributed by atoms with Crippen molar-refractivity contribution in [2.75, 3.05) is 13.7 Å². The number of amides is 2. The second-order valence-corrected chi connectivity index (χ2v) is 6.68. The molecule has 28 heavy (non-hydrogen) atoms. The Morgan fingerprint density at radius 2 is 1.71 bits per heavy atom. The van der Waals surface area contributed by atoms with Gasteiger partial charge in [0.25, 0.3) is 0 Å². The first kappa shape index (κ1) is 21.5. The van der Waals surface area contributed by atoms with E-state index in [4.69, 9.17) is 4.74 Å². The van der Waals surface area contributed by atoms with Gasteiger partial charge >= 0.3 is 0 Å². The summed E-state index contributed by atoms with van der Waals surface area (Å²) < 4.78 is 5.21. The minimum atomic E-state index is -0.660. The molecule has 5 heteroatoms. The number of hydrogen-bond donors (Lipinski definition) is 1. The van der Waals surface area contributed by atoms with Crippen molar-refractivity contribution in [3.63, 3.8) is 0 Å². The summed E-state index contributed by atoms with van der Waals surface area (Å²) >= 11 is 0. The summed E-state index contributed by atoms with van der Waals surface area (Å²) in [6.07, 6.45) is 2.24. The highest BCUT2D eigenvalue weighted by molar-refractivity contribution is 5.88. The van der Waals surface area contributed by atoms with Crippen LogP contribution in [0.15, 0.2) is 54.6 Å². The number of nitrogens with one attached hydrogen (secondary N) is 1. The van der Waals surface area contributed by atoms with Crippen LogP contribution in [0.25, 0.3) is 0 Å². The van der Waals surface area contributed by atoms with Crippen molar-refractivity contribution in [1.29, 1.82) is 0 Å². The van der Waals surface area contributed by atoms with E-state index in [2.05, 4.69) is 12.2 Å². The molecule has 0 saturated heterocycles. The lowest BCUT2D eigenvalue weighted by Gasteiger charge is -2.31. The molecule has 2 rings (SSSR count). The van der Waals surface area contributed by atoms with E-state index in [0.717, 1.165) is 29.7 Å². The molecule has 0 heterocycles. The topological polar surface area (TPSA) is 58.6 Å². The molecule has 0 bridgehead atoms. The number of ether oxygens (including phenoxy) is 1. The number of hydrogen-bond acceptors (Lipinski definition) is 3. The van der Waals surface area contributed by atoms with Crippen LogP contribution in [0.1, 0.15) is 50.3 Å². The lowest BCUT2D eigenvalue weighted by atomic mass is 10.0. The van der Waals surface area contributed by atoms with Crippen LogP contribution < -0.4 is 10.1 Å². The smallest absolute Gasteiger partial charge is 0.247 e. The number of unbranched alkanes of at least 4 members (excludes halogenated alkanes) is 1. The van der Waals surface area contributed by atoms with Gasteiger partial charge in [-0.2, -0.15) is 0 Å². The van der Waals surface area contributed by atoms with Gasteiger partial charge in [-0.1, -0.05) is 62.7 Å². The molecule has 1 atom stereocenters. The number of rotatable bonds is 10. The number of benzene rings is 2. The molecule has 0 aliphatic carbocycles. The van der Waals surface area contributed by atoms with Crippen LogP contribution in [0.4, 0.5) is 0 Å². The SMILES string of the molecule is CCCCNC(=O)C(c1ccccc1)N(Cc1ccc(OC)cc1)C(=O)CC. The number of carbonyl (C=O) groups is 2. The van der Waals surface area contributed by atoms with Gasteiger partial charge in [0.2, 0.25) is 11.8 Å². The molecule has 2 amide bonds. The fraction of sp³-hybridized carbons (Fsp3) is 0.391. The predicted octanol–water partition coefficient (Wildman–Crippen LogP) is 4.09. The Kier molecular flexibility index (Phi) is 8.53. The molecule has 0 aromatic heterocycles. The molecular weight excluding hydrogens is 352 g/mol. The summed E-state index contributed by atoms with van der Waals surface area (Å²) in [6, 6.07) is 16.4. The Bertz CT molecular complexity index is 744. The highest BCUT2D eigenvalue weighted by atomic mass is 16.5. The Hall–Kier alpha value is -2.82. The Morgan fingerprint density at radius 1 is 1.04 bits per heavy atom. The van der Waals surface area contributed by atoms with Gasteiger partial charge in [0.15, 0.2) is 0 Å². The molecule has 2 aromatic rings. The molecule has 5 nitrogen and oxygen atoms in total. The van der Waals surface area contributed by atoms with Crippen LogP contribution in [0.2, 0.25) is 0 Å². The van der Waals surface area contributed by atoms with Crippen LogP contribution in [0.3, 0.4) is 0 Å².